The van der Waals surface area contributed by atoms with Gasteiger partial charge < -0.3 is 5.32 Å². The Hall–Kier alpha value is -0.550. The molecule has 0 spiro atoms. The number of alkyl halides is 3. The third-order valence-corrected chi connectivity index (χ3v) is 4.47. The molecule has 0 saturated heterocycles. The van der Waals surface area contributed by atoms with Gasteiger partial charge in [0, 0.05) is 15.8 Å². The van der Waals surface area contributed by atoms with Crippen molar-refractivity contribution in [1.29, 1.82) is 0 Å². The second-order valence-electron chi connectivity index (χ2n) is 4.52. The van der Waals surface area contributed by atoms with Crippen LogP contribution in [0.3, 0.4) is 0 Å². The lowest BCUT2D eigenvalue weighted by atomic mass is 9.99. The number of fused-ring (bicyclic) bond motifs is 1. The molecule has 2 rings (SSSR count). The average molecular weight is 263 g/mol. The van der Waals surface area contributed by atoms with Crippen molar-refractivity contribution in [3.8, 4) is 0 Å². The van der Waals surface area contributed by atoms with Crippen molar-refractivity contribution in [3.63, 3.8) is 0 Å². The van der Waals surface area contributed by atoms with Gasteiger partial charge in [0.15, 0.2) is 0 Å². The number of nitrogens with one attached hydrogen (secondary N) is 1. The van der Waals surface area contributed by atoms with Crippen molar-refractivity contribution in [1.82, 2.24) is 5.32 Å². The fraction of sp³-hybridized carbons (Fsp3) is 0.667. The first-order chi connectivity index (χ1) is 7.96. The molecule has 0 aliphatic heterocycles. The Morgan fingerprint density at radius 3 is 2.71 bits per heavy atom. The SMILES string of the molecule is CC(NCC(F)(F)F)c1cc2c(s1)CCCC2. The van der Waals surface area contributed by atoms with Gasteiger partial charge >= 0.3 is 6.18 Å². The zero-order chi connectivity index (χ0) is 12.5. The summed E-state index contributed by atoms with van der Waals surface area (Å²) in [5, 5.41) is 2.53. The van der Waals surface area contributed by atoms with Gasteiger partial charge in [-0.25, -0.2) is 0 Å². The zero-order valence-corrected chi connectivity index (χ0v) is 10.5. The Balaban J connectivity index is 1.99. The molecule has 96 valence electrons. The first kappa shape index (κ1) is 12.9. The van der Waals surface area contributed by atoms with Crippen LogP contribution in [0.1, 0.15) is 41.1 Å². The molecule has 0 amide bonds. The van der Waals surface area contributed by atoms with Crippen LogP contribution in [0.5, 0.6) is 0 Å². The van der Waals surface area contributed by atoms with E-state index >= 15 is 0 Å². The Labute approximate surface area is 103 Å². The molecule has 1 heterocycles. The topological polar surface area (TPSA) is 12.0 Å². The van der Waals surface area contributed by atoms with Crippen molar-refractivity contribution in [2.75, 3.05) is 6.54 Å². The minimum atomic E-state index is -4.13. The molecular formula is C12H16F3NS. The number of halogens is 3. The summed E-state index contributed by atoms with van der Waals surface area (Å²) in [7, 11) is 0. The molecule has 0 saturated carbocycles. The Bertz CT molecular complexity index is 360. The standard InChI is InChI=1S/C12H16F3NS/c1-8(16-7-12(13,14)15)11-6-9-4-2-3-5-10(9)17-11/h6,8,16H,2-5,7H2,1H3. The maximum atomic E-state index is 12.1. The third-order valence-electron chi connectivity index (χ3n) is 3.05. The van der Waals surface area contributed by atoms with Crippen molar-refractivity contribution in [3.05, 3.63) is 21.4 Å². The van der Waals surface area contributed by atoms with E-state index in [4.69, 9.17) is 0 Å². The van der Waals surface area contributed by atoms with Crippen molar-refractivity contribution in [2.45, 2.75) is 44.8 Å². The smallest absolute Gasteiger partial charge is 0.301 e. The molecule has 0 radical (unpaired) electrons. The minimum absolute atomic E-state index is 0.216. The van der Waals surface area contributed by atoms with Crippen molar-refractivity contribution < 1.29 is 13.2 Å². The lowest BCUT2D eigenvalue weighted by Gasteiger charge is -2.13. The summed E-state index contributed by atoms with van der Waals surface area (Å²) < 4.78 is 36.3. The van der Waals surface area contributed by atoms with E-state index in [1.165, 1.54) is 23.3 Å². The van der Waals surface area contributed by atoms with Gasteiger partial charge in [-0.1, -0.05) is 0 Å². The highest BCUT2D eigenvalue weighted by Gasteiger charge is 2.28. The van der Waals surface area contributed by atoms with Crippen LogP contribution in [-0.2, 0) is 12.8 Å². The molecule has 1 N–H and O–H groups in total. The van der Waals surface area contributed by atoms with E-state index in [1.807, 2.05) is 0 Å². The largest absolute Gasteiger partial charge is 0.401 e. The number of hydrogen-bond donors (Lipinski definition) is 1. The molecule has 1 nitrogen and oxygen atoms in total. The summed E-state index contributed by atoms with van der Waals surface area (Å²) in [4.78, 5) is 2.40. The monoisotopic (exact) mass is 263 g/mol. The van der Waals surface area contributed by atoms with Crippen LogP contribution in [-0.4, -0.2) is 12.7 Å². The molecule has 5 heteroatoms. The van der Waals surface area contributed by atoms with Gasteiger partial charge in [0.05, 0.1) is 6.54 Å². The fourth-order valence-electron chi connectivity index (χ4n) is 2.10. The quantitative estimate of drug-likeness (QED) is 0.873. The Morgan fingerprint density at radius 2 is 2.06 bits per heavy atom. The van der Waals surface area contributed by atoms with Crippen molar-refractivity contribution >= 4 is 11.3 Å². The minimum Gasteiger partial charge on any atom is -0.301 e. The van der Waals surface area contributed by atoms with Crippen LogP contribution in [0.15, 0.2) is 6.07 Å². The van der Waals surface area contributed by atoms with Crippen LogP contribution < -0.4 is 5.32 Å². The van der Waals surface area contributed by atoms with Crippen LogP contribution in [0.4, 0.5) is 13.2 Å². The molecule has 1 unspecified atom stereocenters. The zero-order valence-electron chi connectivity index (χ0n) is 9.73. The second kappa shape index (κ2) is 4.98. The molecule has 1 aliphatic carbocycles. The summed E-state index contributed by atoms with van der Waals surface area (Å²) >= 11 is 1.66. The highest BCUT2D eigenvalue weighted by Crippen LogP contribution is 2.33. The van der Waals surface area contributed by atoms with Crippen molar-refractivity contribution in [2.24, 2.45) is 0 Å². The second-order valence-corrected chi connectivity index (χ2v) is 5.69. The Morgan fingerprint density at radius 1 is 1.35 bits per heavy atom. The fourth-order valence-corrected chi connectivity index (χ4v) is 3.38. The van der Waals surface area contributed by atoms with E-state index in [0.29, 0.717) is 0 Å². The molecule has 1 aliphatic rings. The van der Waals surface area contributed by atoms with Gasteiger partial charge in [-0.05, 0) is 44.2 Å². The van der Waals surface area contributed by atoms with Crippen LogP contribution in [0.2, 0.25) is 0 Å². The van der Waals surface area contributed by atoms with E-state index in [-0.39, 0.29) is 6.04 Å². The molecule has 0 aromatic carbocycles. The molecule has 1 atom stereocenters. The summed E-state index contributed by atoms with van der Waals surface area (Å²) in [6.07, 6.45) is 0.444. The molecule has 1 aromatic heterocycles. The van der Waals surface area contributed by atoms with Crippen LogP contribution in [0.25, 0.3) is 0 Å². The van der Waals surface area contributed by atoms with Crippen LogP contribution in [0, 0.1) is 0 Å². The lowest BCUT2D eigenvalue weighted by Crippen LogP contribution is -2.30. The van der Waals surface area contributed by atoms with E-state index in [0.717, 1.165) is 17.7 Å². The van der Waals surface area contributed by atoms with E-state index < -0.39 is 12.7 Å². The van der Waals surface area contributed by atoms with E-state index in [1.54, 1.807) is 18.3 Å². The van der Waals surface area contributed by atoms with E-state index in [2.05, 4.69) is 11.4 Å². The first-order valence-electron chi connectivity index (χ1n) is 5.87. The predicted molar refractivity (Wildman–Crippen MR) is 63.4 cm³/mol. The summed E-state index contributed by atoms with van der Waals surface area (Å²) in [5.74, 6) is 0. The number of rotatable bonds is 3. The molecule has 0 bridgehead atoms. The molecular weight excluding hydrogens is 247 g/mol. The van der Waals surface area contributed by atoms with Crippen LogP contribution >= 0.6 is 11.3 Å². The average Bonchev–Trinajstić information content (AvgIpc) is 2.68. The highest BCUT2D eigenvalue weighted by molar-refractivity contribution is 7.12. The lowest BCUT2D eigenvalue weighted by molar-refractivity contribution is -0.126. The Kier molecular flexibility index (Phi) is 3.78. The summed E-state index contributed by atoms with van der Waals surface area (Å²) in [6, 6.07) is 1.86. The van der Waals surface area contributed by atoms with Gasteiger partial charge in [-0.3, -0.25) is 0 Å². The summed E-state index contributed by atoms with van der Waals surface area (Å²) in [5.41, 5.74) is 1.34. The number of aryl methyl sites for hydroxylation is 2. The molecule has 0 fully saturated rings. The summed E-state index contributed by atoms with van der Waals surface area (Å²) in [6.45, 7) is 0.875. The van der Waals surface area contributed by atoms with Gasteiger partial charge in [-0.15, -0.1) is 11.3 Å². The highest BCUT2D eigenvalue weighted by atomic mass is 32.1. The molecule has 17 heavy (non-hydrogen) atoms. The van der Waals surface area contributed by atoms with Gasteiger partial charge in [0.2, 0.25) is 0 Å². The maximum Gasteiger partial charge on any atom is 0.401 e. The van der Waals surface area contributed by atoms with E-state index in [9.17, 15) is 13.2 Å². The third kappa shape index (κ3) is 3.45. The maximum absolute atomic E-state index is 12.1. The van der Waals surface area contributed by atoms with Gasteiger partial charge in [0.1, 0.15) is 0 Å². The molecule has 1 aromatic rings. The van der Waals surface area contributed by atoms with Gasteiger partial charge in [-0.2, -0.15) is 13.2 Å². The van der Waals surface area contributed by atoms with Gasteiger partial charge in [0.25, 0.3) is 0 Å². The normalized spacial score (nSPS) is 17.9. The first-order valence-corrected chi connectivity index (χ1v) is 6.69. The predicted octanol–water partition coefficient (Wildman–Crippen LogP) is 3.84. The number of thiophene rings is 1. The number of hydrogen-bond acceptors (Lipinski definition) is 2.